The van der Waals surface area contributed by atoms with Crippen LogP contribution in [0.1, 0.15) is 20.3 Å². The van der Waals surface area contributed by atoms with Crippen molar-refractivity contribution in [2.75, 3.05) is 18.5 Å². The summed E-state index contributed by atoms with van der Waals surface area (Å²) in [5.74, 6) is 6.25. The first-order valence-electron chi connectivity index (χ1n) is 5.93. The predicted octanol–water partition coefficient (Wildman–Crippen LogP) is 2.62. The molecular formula is C14H18N2O2. The van der Waals surface area contributed by atoms with Gasteiger partial charge in [-0.05, 0) is 25.5 Å². The Labute approximate surface area is 108 Å². The zero-order chi connectivity index (χ0) is 13.2. The van der Waals surface area contributed by atoms with E-state index in [1.807, 2.05) is 25.1 Å². The third-order valence-corrected chi connectivity index (χ3v) is 2.12. The highest BCUT2D eigenvalue weighted by Gasteiger charge is 2.01. The molecule has 18 heavy (non-hydrogen) atoms. The monoisotopic (exact) mass is 246 g/mol. The lowest BCUT2D eigenvalue weighted by Gasteiger charge is -2.08. The quantitative estimate of drug-likeness (QED) is 0.785. The molecule has 0 aliphatic heterocycles. The highest BCUT2D eigenvalue weighted by atomic mass is 16.5. The van der Waals surface area contributed by atoms with Crippen LogP contribution in [-0.2, 0) is 0 Å². The van der Waals surface area contributed by atoms with Crippen molar-refractivity contribution in [1.29, 1.82) is 0 Å². The van der Waals surface area contributed by atoms with Gasteiger partial charge in [0, 0.05) is 18.3 Å². The van der Waals surface area contributed by atoms with Crippen LogP contribution in [0.25, 0.3) is 0 Å². The Hall–Kier alpha value is -2.15. The van der Waals surface area contributed by atoms with E-state index in [2.05, 4.69) is 22.5 Å². The van der Waals surface area contributed by atoms with E-state index in [-0.39, 0.29) is 6.03 Å². The lowest BCUT2D eigenvalue weighted by Crippen LogP contribution is -2.29. The van der Waals surface area contributed by atoms with Crippen LogP contribution in [-0.4, -0.2) is 19.2 Å². The van der Waals surface area contributed by atoms with E-state index in [9.17, 15) is 4.79 Å². The second kappa shape index (κ2) is 8.02. The van der Waals surface area contributed by atoms with Crippen LogP contribution < -0.4 is 15.4 Å². The third kappa shape index (κ3) is 5.26. The third-order valence-electron chi connectivity index (χ3n) is 2.12. The van der Waals surface area contributed by atoms with E-state index in [1.54, 1.807) is 13.0 Å². The Morgan fingerprint density at radius 3 is 3.00 bits per heavy atom. The van der Waals surface area contributed by atoms with E-state index in [0.29, 0.717) is 24.6 Å². The molecule has 2 N–H and O–H groups in total. The molecule has 0 spiro atoms. The van der Waals surface area contributed by atoms with Gasteiger partial charge in [0.25, 0.3) is 0 Å². The summed E-state index contributed by atoms with van der Waals surface area (Å²) in [5, 5.41) is 5.48. The highest BCUT2D eigenvalue weighted by Crippen LogP contribution is 2.16. The van der Waals surface area contributed by atoms with Gasteiger partial charge in [-0.1, -0.05) is 18.9 Å². The molecule has 0 saturated heterocycles. The average molecular weight is 246 g/mol. The number of nitrogens with one attached hydrogen (secondary N) is 2. The number of rotatable bonds is 5. The summed E-state index contributed by atoms with van der Waals surface area (Å²) in [6.07, 6.45) is 0.909. The smallest absolute Gasteiger partial charge is 0.319 e. The van der Waals surface area contributed by atoms with Crippen LogP contribution in [0.5, 0.6) is 5.75 Å². The van der Waals surface area contributed by atoms with Gasteiger partial charge in [0.05, 0.1) is 0 Å². The van der Waals surface area contributed by atoms with Crippen LogP contribution in [0, 0.1) is 11.8 Å². The molecule has 0 heterocycles. The van der Waals surface area contributed by atoms with Crippen molar-refractivity contribution in [3.63, 3.8) is 0 Å². The molecule has 1 aromatic carbocycles. The largest absolute Gasteiger partial charge is 0.481 e. The van der Waals surface area contributed by atoms with Gasteiger partial charge in [0.1, 0.15) is 12.4 Å². The lowest BCUT2D eigenvalue weighted by atomic mass is 10.3. The Balaban J connectivity index is 2.52. The summed E-state index contributed by atoms with van der Waals surface area (Å²) in [4.78, 5) is 11.5. The van der Waals surface area contributed by atoms with Gasteiger partial charge >= 0.3 is 6.03 Å². The normalized spacial score (nSPS) is 9.00. The number of carbonyl (C=O) groups excluding carboxylic acids is 1. The Kier molecular flexibility index (Phi) is 6.20. The van der Waals surface area contributed by atoms with Crippen molar-refractivity contribution in [2.45, 2.75) is 20.3 Å². The maximum absolute atomic E-state index is 11.5. The number of urea groups is 1. The van der Waals surface area contributed by atoms with E-state index >= 15 is 0 Å². The number of carbonyl (C=O) groups is 1. The maximum Gasteiger partial charge on any atom is 0.319 e. The van der Waals surface area contributed by atoms with Gasteiger partial charge in [-0.25, -0.2) is 4.79 Å². The van der Waals surface area contributed by atoms with Crippen molar-refractivity contribution >= 4 is 11.7 Å². The second-order valence-electron chi connectivity index (χ2n) is 3.62. The number of amides is 2. The molecule has 0 saturated carbocycles. The molecule has 1 rings (SSSR count). The van der Waals surface area contributed by atoms with E-state index in [4.69, 9.17) is 4.74 Å². The summed E-state index contributed by atoms with van der Waals surface area (Å²) in [7, 11) is 0. The van der Waals surface area contributed by atoms with Crippen LogP contribution in [0.4, 0.5) is 10.5 Å². The molecule has 0 aliphatic rings. The zero-order valence-corrected chi connectivity index (χ0v) is 10.7. The van der Waals surface area contributed by atoms with Crippen LogP contribution in [0.3, 0.4) is 0 Å². The molecule has 0 unspecified atom stereocenters. The fourth-order valence-electron chi connectivity index (χ4n) is 1.27. The number of ether oxygens (including phenoxy) is 1. The summed E-state index contributed by atoms with van der Waals surface area (Å²) in [5.41, 5.74) is 0.700. The molecule has 2 amide bonds. The lowest BCUT2D eigenvalue weighted by molar-refractivity contribution is 0.252. The van der Waals surface area contributed by atoms with Crippen molar-refractivity contribution in [3.8, 4) is 17.6 Å². The number of benzene rings is 1. The minimum atomic E-state index is -0.206. The maximum atomic E-state index is 11.5. The van der Waals surface area contributed by atoms with E-state index in [1.165, 1.54) is 0 Å². The summed E-state index contributed by atoms with van der Waals surface area (Å²) < 4.78 is 5.40. The summed E-state index contributed by atoms with van der Waals surface area (Å²) in [6, 6.07) is 7.02. The van der Waals surface area contributed by atoms with Crippen molar-refractivity contribution < 1.29 is 9.53 Å². The molecule has 0 atom stereocenters. The van der Waals surface area contributed by atoms with Crippen LogP contribution >= 0.6 is 0 Å². The molecular weight excluding hydrogens is 228 g/mol. The summed E-state index contributed by atoms with van der Waals surface area (Å²) in [6.45, 7) is 4.78. The van der Waals surface area contributed by atoms with Crippen molar-refractivity contribution in [3.05, 3.63) is 24.3 Å². The van der Waals surface area contributed by atoms with Crippen LogP contribution in [0.2, 0.25) is 0 Å². The van der Waals surface area contributed by atoms with Crippen molar-refractivity contribution in [2.24, 2.45) is 0 Å². The Morgan fingerprint density at radius 1 is 1.44 bits per heavy atom. The zero-order valence-electron chi connectivity index (χ0n) is 10.7. The first kappa shape index (κ1) is 13.9. The molecule has 96 valence electrons. The second-order valence-corrected chi connectivity index (χ2v) is 3.62. The molecule has 4 nitrogen and oxygen atoms in total. The minimum absolute atomic E-state index is 0.206. The molecule has 0 radical (unpaired) electrons. The molecule has 4 heteroatoms. The predicted molar refractivity (Wildman–Crippen MR) is 72.7 cm³/mol. The first-order valence-corrected chi connectivity index (χ1v) is 5.93. The van der Waals surface area contributed by atoms with Crippen LogP contribution in [0.15, 0.2) is 24.3 Å². The van der Waals surface area contributed by atoms with Gasteiger partial charge < -0.3 is 15.4 Å². The number of hydrogen-bond acceptors (Lipinski definition) is 2. The fourth-order valence-corrected chi connectivity index (χ4v) is 1.27. The average Bonchev–Trinajstić information content (AvgIpc) is 2.37. The summed E-state index contributed by atoms with van der Waals surface area (Å²) >= 11 is 0. The standard InChI is InChI=1S/C14H18N2O2/c1-3-5-10-18-13-8-6-7-12(11-13)16-14(17)15-9-4-2/h6-8,11H,4,9-10H2,1-2H3,(H2,15,16,17). The minimum Gasteiger partial charge on any atom is -0.481 e. The van der Waals surface area contributed by atoms with Gasteiger partial charge in [-0.3, -0.25) is 0 Å². The number of anilines is 1. The molecule has 0 aliphatic carbocycles. The first-order chi connectivity index (χ1) is 8.76. The molecule has 1 aromatic rings. The SMILES string of the molecule is CC#CCOc1cccc(NC(=O)NCCC)c1. The number of hydrogen-bond donors (Lipinski definition) is 2. The molecule has 0 fully saturated rings. The van der Waals surface area contributed by atoms with E-state index < -0.39 is 0 Å². The Morgan fingerprint density at radius 2 is 2.28 bits per heavy atom. The molecule has 0 aromatic heterocycles. The van der Waals surface area contributed by atoms with E-state index in [0.717, 1.165) is 6.42 Å². The molecule has 0 bridgehead atoms. The fraction of sp³-hybridized carbons (Fsp3) is 0.357. The van der Waals surface area contributed by atoms with Gasteiger partial charge in [-0.2, -0.15) is 0 Å². The van der Waals surface area contributed by atoms with Gasteiger partial charge in [0.15, 0.2) is 0 Å². The Bertz CT molecular complexity index is 447. The van der Waals surface area contributed by atoms with Crippen molar-refractivity contribution in [1.82, 2.24) is 5.32 Å². The van der Waals surface area contributed by atoms with Gasteiger partial charge in [-0.15, -0.1) is 5.92 Å². The topological polar surface area (TPSA) is 50.4 Å². The van der Waals surface area contributed by atoms with Gasteiger partial charge in [0.2, 0.25) is 0 Å². The highest BCUT2D eigenvalue weighted by molar-refractivity contribution is 5.89.